The Bertz CT molecular complexity index is 420. The average Bonchev–Trinajstić information content (AvgIpc) is 2.16. The van der Waals surface area contributed by atoms with Crippen LogP contribution in [0.25, 0.3) is 0 Å². The second-order valence-electron chi connectivity index (χ2n) is 3.08. The number of carbonyl (C=O) groups is 1. The molecular weight excluding hydrogens is 238 g/mol. The third-order valence-corrected chi connectivity index (χ3v) is 2.90. The summed E-state index contributed by atoms with van der Waals surface area (Å²) in [6.07, 6.45) is 0. The van der Waals surface area contributed by atoms with Gasteiger partial charge < -0.3 is 9.45 Å². The van der Waals surface area contributed by atoms with Crippen molar-refractivity contribution < 1.29 is 13.6 Å². The highest BCUT2D eigenvalue weighted by molar-refractivity contribution is 7.79. The Balaban J connectivity index is 3.19. The molecule has 1 atom stereocenters. The molecule has 0 aliphatic carbocycles. The Morgan fingerprint density at radius 1 is 1.47 bits per heavy atom. The van der Waals surface area contributed by atoms with E-state index < -0.39 is 11.1 Å². The second kappa shape index (κ2) is 4.74. The Morgan fingerprint density at radius 3 is 2.53 bits per heavy atom. The van der Waals surface area contributed by atoms with Gasteiger partial charge in [-0.2, -0.15) is 0 Å². The molecule has 0 aliphatic heterocycles. The van der Waals surface area contributed by atoms with E-state index in [9.17, 15) is 13.6 Å². The Kier molecular flexibility index (Phi) is 3.84. The summed E-state index contributed by atoms with van der Waals surface area (Å²) < 4.78 is 21.5. The minimum absolute atomic E-state index is 0.0654. The fraction of sp³-hybridized carbons (Fsp3) is 0.222. The zero-order valence-corrected chi connectivity index (χ0v) is 9.76. The number of amides is 1. The van der Waals surface area contributed by atoms with Crippen LogP contribution in [-0.4, -0.2) is 33.7 Å². The van der Waals surface area contributed by atoms with Gasteiger partial charge in [0.05, 0.1) is 5.02 Å². The molecule has 82 valence electrons. The molecule has 0 heterocycles. The van der Waals surface area contributed by atoms with Crippen LogP contribution in [0.1, 0.15) is 10.4 Å². The van der Waals surface area contributed by atoms with Gasteiger partial charge in [-0.15, -0.1) is 0 Å². The number of benzene rings is 1. The van der Waals surface area contributed by atoms with Crippen LogP contribution in [0.2, 0.25) is 5.02 Å². The summed E-state index contributed by atoms with van der Waals surface area (Å²) in [5.41, 5.74) is 0.295. The topological polar surface area (TPSA) is 60.4 Å². The molecular formula is C9H9ClNO3S-. The number of nitrogens with zero attached hydrogens (tertiary/aromatic N) is 1. The maximum atomic E-state index is 11.5. The predicted octanol–water partition coefficient (Wildman–Crippen LogP) is 1.28. The minimum atomic E-state index is -2.43. The first-order valence-electron chi connectivity index (χ1n) is 4.04. The third-order valence-electron chi connectivity index (χ3n) is 1.76. The van der Waals surface area contributed by atoms with Crippen molar-refractivity contribution in [2.24, 2.45) is 0 Å². The zero-order chi connectivity index (χ0) is 11.6. The quantitative estimate of drug-likeness (QED) is 0.739. The Morgan fingerprint density at radius 2 is 2.07 bits per heavy atom. The standard InChI is InChI=1S/C9H10ClNO3S/c1-11(2)9(12)6-3-4-7(10)8(5-6)15(13)14/h3-5H,1-2H3,(H,13,14)/p-1. The van der Waals surface area contributed by atoms with Crippen LogP contribution in [0.3, 0.4) is 0 Å². The van der Waals surface area contributed by atoms with Crippen LogP contribution in [0.5, 0.6) is 0 Å². The van der Waals surface area contributed by atoms with Gasteiger partial charge in [-0.1, -0.05) is 11.6 Å². The summed E-state index contributed by atoms with van der Waals surface area (Å²) in [6, 6.07) is 4.14. The SMILES string of the molecule is CN(C)C(=O)c1ccc(Cl)c(S(=O)[O-])c1. The Hall–Kier alpha value is -0.910. The molecule has 1 aromatic rings. The van der Waals surface area contributed by atoms with Crippen LogP contribution in [0.4, 0.5) is 0 Å². The van der Waals surface area contributed by atoms with Crippen molar-refractivity contribution in [3.63, 3.8) is 0 Å². The smallest absolute Gasteiger partial charge is 0.253 e. The molecule has 0 aliphatic rings. The summed E-state index contributed by atoms with van der Waals surface area (Å²) in [6.45, 7) is 0. The molecule has 15 heavy (non-hydrogen) atoms. The van der Waals surface area contributed by atoms with Crippen molar-refractivity contribution in [1.82, 2.24) is 4.90 Å². The zero-order valence-electron chi connectivity index (χ0n) is 8.19. The lowest BCUT2D eigenvalue weighted by molar-refractivity contribution is 0.0827. The first kappa shape index (κ1) is 12.2. The first-order chi connectivity index (χ1) is 6.93. The molecule has 1 unspecified atom stereocenters. The van der Waals surface area contributed by atoms with Gasteiger partial charge in [-0.3, -0.25) is 9.00 Å². The van der Waals surface area contributed by atoms with E-state index in [1.54, 1.807) is 14.1 Å². The van der Waals surface area contributed by atoms with Crippen molar-refractivity contribution in [3.8, 4) is 0 Å². The molecule has 0 N–H and O–H groups in total. The van der Waals surface area contributed by atoms with Crippen LogP contribution in [0, 0.1) is 0 Å². The molecule has 1 amide bonds. The third kappa shape index (κ3) is 2.77. The maximum Gasteiger partial charge on any atom is 0.253 e. The maximum absolute atomic E-state index is 11.5. The molecule has 1 rings (SSSR count). The van der Waals surface area contributed by atoms with Gasteiger partial charge >= 0.3 is 0 Å². The largest absolute Gasteiger partial charge is 0.768 e. The van der Waals surface area contributed by atoms with Crippen LogP contribution in [0.15, 0.2) is 23.1 Å². The van der Waals surface area contributed by atoms with Gasteiger partial charge in [0.1, 0.15) is 0 Å². The molecule has 0 spiro atoms. The molecule has 0 bridgehead atoms. The van der Waals surface area contributed by atoms with Crippen molar-refractivity contribution >= 4 is 28.6 Å². The van der Waals surface area contributed by atoms with Gasteiger partial charge in [0, 0.05) is 24.6 Å². The molecule has 6 heteroatoms. The van der Waals surface area contributed by atoms with E-state index in [1.165, 1.54) is 23.1 Å². The van der Waals surface area contributed by atoms with Gasteiger partial charge in [-0.05, 0) is 29.3 Å². The highest BCUT2D eigenvalue weighted by Gasteiger charge is 2.10. The van der Waals surface area contributed by atoms with E-state index in [4.69, 9.17) is 11.6 Å². The Labute approximate surface area is 95.1 Å². The number of hydrogen-bond acceptors (Lipinski definition) is 3. The lowest BCUT2D eigenvalue weighted by atomic mass is 10.2. The predicted molar refractivity (Wildman–Crippen MR) is 56.7 cm³/mol. The van der Waals surface area contributed by atoms with Crippen molar-refractivity contribution in [2.75, 3.05) is 14.1 Å². The van der Waals surface area contributed by atoms with Crippen LogP contribution >= 0.6 is 11.6 Å². The molecule has 4 nitrogen and oxygen atoms in total. The molecule has 0 fully saturated rings. The van der Waals surface area contributed by atoms with E-state index in [0.29, 0.717) is 5.56 Å². The van der Waals surface area contributed by atoms with E-state index in [0.717, 1.165) is 0 Å². The van der Waals surface area contributed by atoms with Gasteiger partial charge in [0.15, 0.2) is 0 Å². The monoisotopic (exact) mass is 246 g/mol. The first-order valence-corrected chi connectivity index (χ1v) is 5.49. The highest BCUT2D eigenvalue weighted by atomic mass is 35.5. The summed E-state index contributed by atoms with van der Waals surface area (Å²) in [5.74, 6) is -0.265. The van der Waals surface area contributed by atoms with E-state index in [2.05, 4.69) is 0 Å². The summed E-state index contributed by atoms with van der Waals surface area (Å²) in [5, 5.41) is 0.110. The second-order valence-corrected chi connectivity index (χ2v) is 4.40. The van der Waals surface area contributed by atoms with Crippen molar-refractivity contribution in [3.05, 3.63) is 28.8 Å². The lowest BCUT2D eigenvalue weighted by Gasteiger charge is -2.13. The van der Waals surface area contributed by atoms with E-state index >= 15 is 0 Å². The molecule has 0 saturated carbocycles. The number of halogens is 1. The molecule has 0 saturated heterocycles. The summed E-state index contributed by atoms with van der Waals surface area (Å²) in [4.78, 5) is 12.8. The number of hydrogen-bond donors (Lipinski definition) is 0. The fourth-order valence-electron chi connectivity index (χ4n) is 1.02. The van der Waals surface area contributed by atoms with Gasteiger partial charge in [-0.25, -0.2) is 0 Å². The number of rotatable bonds is 2. The number of carbonyl (C=O) groups excluding carboxylic acids is 1. The van der Waals surface area contributed by atoms with Crippen molar-refractivity contribution in [2.45, 2.75) is 4.90 Å². The van der Waals surface area contributed by atoms with Gasteiger partial charge in [0.25, 0.3) is 5.91 Å². The van der Waals surface area contributed by atoms with Crippen LogP contribution < -0.4 is 0 Å². The molecule has 0 radical (unpaired) electrons. The minimum Gasteiger partial charge on any atom is -0.768 e. The normalized spacial score (nSPS) is 12.3. The van der Waals surface area contributed by atoms with E-state index in [-0.39, 0.29) is 15.8 Å². The average molecular weight is 247 g/mol. The molecule has 1 aromatic carbocycles. The summed E-state index contributed by atoms with van der Waals surface area (Å²) in [7, 11) is 3.18. The molecule has 0 aromatic heterocycles. The lowest BCUT2D eigenvalue weighted by Crippen LogP contribution is -2.21. The highest BCUT2D eigenvalue weighted by Crippen LogP contribution is 2.20. The summed E-state index contributed by atoms with van der Waals surface area (Å²) >= 11 is 3.22. The fourth-order valence-corrected chi connectivity index (χ4v) is 1.78. The van der Waals surface area contributed by atoms with Crippen molar-refractivity contribution in [1.29, 1.82) is 0 Å². The van der Waals surface area contributed by atoms with Crippen LogP contribution in [-0.2, 0) is 11.1 Å². The van der Waals surface area contributed by atoms with E-state index in [1.807, 2.05) is 0 Å². The van der Waals surface area contributed by atoms with Gasteiger partial charge in [0.2, 0.25) is 0 Å².